The van der Waals surface area contributed by atoms with E-state index >= 15 is 0 Å². The van der Waals surface area contributed by atoms with Crippen LogP contribution in [0.25, 0.3) is 0 Å². The third kappa shape index (κ3) is 5.74. The molecule has 0 heterocycles. The van der Waals surface area contributed by atoms with Crippen molar-refractivity contribution < 1.29 is 9.53 Å². The molecule has 0 bridgehead atoms. The lowest BCUT2D eigenvalue weighted by molar-refractivity contribution is -0.122. The van der Waals surface area contributed by atoms with Crippen LogP contribution in [0.4, 0.5) is 0 Å². The minimum absolute atomic E-state index is 0.0553. The first kappa shape index (κ1) is 12.5. The lowest BCUT2D eigenvalue weighted by atomic mass is 10.3. The molecule has 0 saturated heterocycles. The first-order valence-corrected chi connectivity index (χ1v) is 5.83. The van der Waals surface area contributed by atoms with Crippen LogP contribution in [0.3, 0.4) is 0 Å². The molecule has 1 atom stereocenters. The van der Waals surface area contributed by atoms with Crippen molar-refractivity contribution in [2.45, 2.75) is 32.7 Å². The van der Waals surface area contributed by atoms with Gasteiger partial charge in [0.15, 0.2) is 0 Å². The molecule has 0 aromatic heterocycles. The van der Waals surface area contributed by atoms with Crippen LogP contribution in [0, 0.1) is 5.92 Å². The quantitative estimate of drug-likeness (QED) is 0.579. The molecule has 4 nitrogen and oxygen atoms in total. The number of rotatable bonds is 8. The fraction of sp³-hybridized carbons (Fsp3) is 0.909. The van der Waals surface area contributed by atoms with E-state index in [1.807, 2.05) is 13.8 Å². The Morgan fingerprint density at radius 3 is 2.87 bits per heavy atom. The highest BCUT2D eigenvalue weighted by Gasteiger charge is 2.20. The highest BCUT2D eigenvalue weighted by molar-refractivity contribution is 5.81. The number of hydrogen-bond donors (Lipinski definition) is 2. The second-order valence-corrected chi connectivity index (χ2v) is 4.09. The lowest BCUT2D eigenvalue weighted by Gasteiger charge is -2.13. The monoisotopic (exact) mass is 214 g/mol. The molecule has 4 heteroatoms. The molecule has 0 radical (unpaired) electrons. The van der Waals surface area contributed by atoms with E-state index in [0.29, 0.717) is 13.2 Å². The van der Waals surface area contributed by atoms with Crippen LogP contribution in [0.1, 0.15) is 26.7 Å². The zero-order valence-corrected chi connectivity index (χ0v) is 9.71. The maximum Gasteiger partial charge on any atom is 0.236 e. The van der Waals surface area contributed by atoms with Crippen molar-refractivity contribution in [3.8, 4) is 0 Å². The van der Waals surface area contributed by atoms with Gasteiger partial charge in [0.05, 0.1) is 12.6 Å². The molecule has 0 spiro atoms. The maximum atomic E-state index is 11.3. The van der Waals surface area contributed by atoms with Crippen LogP contribution in [0.5, 0.6) is 0 Å². The van der Waals surface area contributed by atoms with Gasteiger partial charge in [0, 0.05) is 19.7 Å². The summed E-state index contributed by atoms with van der Waals surface area (Å²) in [4.78, 5) is 11.3. The third-order valence-electron chi connectivity index (χ3n) is 2.49. The van der Waals surface area contributed by atoms with Crippen molar-refractivity contribution in [1.29, 1.82) is 0 Å². The van der Waals surface area contributed by atoms with Crippen molar-refractivity contribution in [3.05, 3.63) is 0 Å². The number of carbonyl (C=O) groups is 1. The predicted octanol–water partition coefficient (Wildman–Crippen LogP) is 0.527. The topological polar surface area (TPSA) is 50.4 Å². The molecular weight excluding hydrogens is 192 g/mol. The molecule has 0 aromatic rings. The fourth-order valence-corrected chi connectivity index (χ4v) is 1.30. The van der Waals surface area contributed by atoms with Crippen LogP contribution < -0.4 is 10.6 Å². The van der Waals surface area contributed by atoms with E-state index < -0.39 is 0 Å². The van der Waals surface area contributed by atoms with Gasteiger partial charge in [-0.3, -0.25) is 4.79 Å². The molecular formula is C11H22N2O2. The Bertz CT molecular complexity index is 193. The molecule has 88 valence electrons. The molecule has 1 aliphatic rings. The average Bonchev–Trinajstić information content (AvgIpc) is 3.01. The Hall–Kier alpha value is -0.610. The third-order valence-corrected chi connectivity index (χ3v) is 2.49. The maximum absolute atomic E-state index is 11.3. The van der Waals surface area contributed by atoms with Gasteiger partial charge in [-0.25, -0.2) is 0 Å². The Balaban J connectivity index is 1.90. The molecule has 1 fully saturated rings. The Morgan fingerprint density at radius 2 is 2.27 bits per heavy atom. The molecule has 0 aromatic carbocycles. The average molecular weight is 214 g/mol. The number of nitrogens with one attached hydrogen (secondary N) is 2. The van der Waals surface area contributed by atoms with Crippen LogP contribution in [0.2, 0.25) is 0 Å². The first-order valence-electron chi connectivity index (χ1n) is 5.83. The second kappa shape index (κ2) is 6.80. The summed E-state index contributed by atoms with van der Waals surface area (Å²) in [5, 5.41) is 5.90. The van der Waals surface area contributed by atoms with E-state index in [4.69, 9.17) is 4.74 Å². The van der Waals surface area contributed by atoms with Gasteiger partial charge in [0.25, 0.3) is 0 Å². The largest absolute Gasteiger partial charge is 0.380 e. The summed E-state index contributed by atoms with van der Waals surface area (Å²) in [6.07, 6.45) is 2.64. The SMILES string of the molecule is CCNC(=O)C(C)NCCOCC1CC1. The van der Waals surface area contributed by atoms with E-state index in [-0.39, 0.29) is 11.9 Å². The van der Waals surface area contributed by atoms with Crippen LogP contribution in [-0.2, 0) is 9.53 Å². The minimum Gasteiger partial charge on any atom is -0.380 e. The van der Waals surface area contributed by atoms with E-state index in [9.17, 15) is 4.79 Å². The van der Waals surface area contributed by atoms with Gasteiger partial charge >= 0.3 is 0 Å². The standard InChI is InChI=1S/C11H22N2O2/c1-3-12-11(14)9(2)13-6-7-15-8-10-4-5-10/h9-10,13H,3-8H2,1-2H3,(H,12,14). The van der Waals surface area contributed by atoms with Crippen LogP contribution >= 0.6 is 0 Å². The van der Waals surface area contributed by atoms with Crippen molar-refractivity contribution in [1.82, 2.24) is 10.6 Å². The fourth-order valence-electron chi connectivity index (χ4n) is 1.30. The number of ether oxygens (including phenoxy) is 1. The van der Waals surface area contributed by atoms with Gasteiger partial charge in [-0.2, -0.15) is 0 Å². The zero-order valence-electron chi connectivity index (χ0n) is 9.71. The predicted molar refractivity (Wildman–Crippen MR) is 59.7 cm³/mol. The van der Waals surface area contributed by atoms with Gasteiger partial charge in [-0.15, -0.1) is 0 Å². The van der Waals surface area contributed by atoms with E-state index in [1.165, 1.54) is 12.8 Å². The van der Waals surface area contributed by atoms with Crippen molar-refractivity contribution in [3.63, 3.8) is 0 Å². The summed E-state index contributed by atoms with van der Waals surface area (Å²) in [6.45, 7) is 6.79. The number of carbonyl (C=O) groups excluding carboxylic acids is 1. The summed E-state index contributed by atoms with van der Waals surface area (Å²) in [5.74, 6) is 0.866. The summed E-state index contributed by atoms with van der Waals surface area (Å²) in [5.41, 5.74) is 0. The molecule has 15 heavy (non-hydrogen) atoms. The highest BCUT2D eigenvalue weighted by atomic mass is 16.5. The Labute approximate surface area is 91.8 Å². The van der Waals surface area contributed by atoms with Gasteiger partial charge in [-0.05, 0) is 32.6 Å². The minimum atomic E-state index is -0.130. The smallest absolute Gasteiger partial charge is 0.236 e. The molecule has 2 N–H and O–H groups in total. The Kier molecular flexibility index (Phi) is 5.65. The van der Waals surface area contributed by atoms with Gasteiger partial charge in [0.2, 0.25) is 5.91 Å². The number of amides is 1. The number of likely N-dealkylation sites (N-methyl/N-ethyl adjacent to an activating group) is 1. The van der Waals surface area contributed by atoms with E-state index in [2.05, 4.69) is 10.6 Å². The molecule has 1 saturated carbocycles. The van der Waals surface area contributed by atoms with E-state index in [0.717, 1.165) is 19.1 Å². The van der Waals surface area contributed by atoms with E-state index in [1.54, 1.807) is 0 Å². The molecule has 1 rings (SSSR count). The lowest BCUT2D eigenvalue weighted by Crippen LogP contribution is -2.43. The normalized spacial score (nSPS) is 17.5. The molecule has 1 aliphatic carbocycles. The van der Waals surface area contributed by atoms with Crippen LogP contribution in [-0.4, -0.2) is 38.3 Å². The van der Waals surface area contributed by atoms with Gasteiger partial charge in [-0.1, -0.05) is 0 Å². The van der Waals surface area contributed by atoms with Crippen molar-refractivity contribution in [2.24, 2.45) is 5.92 Å². The Morgan fingerprint density at radius 1 is 1.53 bits per heavy atom. The molecule has 1 amide bonds. The summed E-state index contributed by atoms with van der Waals surface area (Å²) in [7, 11) is 0. The van der Waals surface area contributed by atoms with Crippen molar-refractivity contribution in [2.75, 3.05) is 26.3 Å². The molecule has 1 unspecified atom stereocenters. The second-order valence-electron chi connectivity index (χ2n) is 4.09. The first-order chi connectivity index (χ1) is 7.24. The van der Waals surface area contributed by atoms with Gasteiger partial charge in [0.1, 0.15) is 0 Å². The van der Waals surface area contributed by atoms with Gasteiger partial charge < -0.3 is 15.4 Å². The summed E-state index contributed by atoms with van der Waals surface area (Å²) >= 11 is 0. The zero-order chi connectivity index (χ0) is 11.1. The summed E-state index contributed by atoms with van der Waals surface area (Å²) < 4.78 is 5.45. The van der Waals surface area contributed by atoms with Crippen molar-refractivity contribution >= 4 is 5.91 Å². The molecule has 0 aliphatic heterocycles. The number of hydrogen-bond acceptors (Lipinski definition) is 3. The van der Waals surface area contributed by atoms with Crippen LogP contribution in [0.15, 0.2) is 0 Å². The highest BCUT2D eigenvalue weighted by Crippen LogP contribution is 2.28. The summed E-state index contributed by atoms with van der Waals surface area (Å²) in [6, 6.07) is -0.130.